The molecule has 0 aliphatic carbocycles. The van der Waals surface area contributed by atoms with Gasteiger partial charge in [0.1, 0.15) is 5.69 Å². The van der Waals surface area contributed by atoms with Gasteiger partial charge in [-0.3, -0.25) is 4.79 Å². The van der Waals surface area contributed by atoms with Gasteiger partial charge in [-0.25, -0.2) is 4.79 Å². The predicted molar refractivity (Wildman–Crippen MR) is 97.4 cm³/mol. The topological polar surface area (TPSA) is 51.5 Å². The van der Waals surface area contributed by atoms with E-state index < -0.39 is 0 Å². The molecule has 0 atom stereocenters. The van der Waals surface area contributed by atoms with E-state index in [0.717, 1.165) is 17.8 Å². The van der Waals surface area contributed by atoms with Crippen molar-refractivity contribution in [1.29, 1.82) is 0 Å². The number of fused-ring (bicyclic) bond motifs is 1. The normalized spacial score (nSPS) is 13.0. The Morgan fingerprint density at radius 1 is 1.16 bits per heavy atom. The summed E-state index contributed by atoms with van der Waals surface area (Å²) in [5, 5.41) is 0. The lowest BCUT2D eigenvalue weighted by Gasteiger charge is -2.18. The van der Waals surface area contributed by atoms with Gasteiger partial charge in [-0.05, 0) is 51.3 Å². The third-order valence-electron chi connectivity index (χ3n) is 4.90. The fraction of sp³-hybridized carbons (Fsp3) is 0.400. The Morgan fingerprint density at radius 2 is 1.88 bits per heavy atom. The molecule has 0 saturated heterocycles. The highest BCUT2D eigenvalue weighted by Gasteiger charge is 2.32. The quantitative estimate of drug-likeness (QED) is 0.801. The van der Waals surface area contributed by atoms with Crippen LogP contribution >= 0.6 is 0 Å². The molecule has 0 saturated carbocycles. The number of ether oxygens (including phenoxy) is 1. The second kappa shape index (κ2) is 6.75. The Bertz CT molecular complexity index is 836. The molecule has 5 nitrogen and oxygen atoms in total. The van der Waals surface area contributed by atoms with Crippen LogP contribution in [0.5, 0.6) is 0 Å². The molecule has 2 aromatic rings. The zero-order chi connectivity index (χ0) is 18.1. The number of para-hydroxylation sites is 1. The summed E-state index contributed by atoms with van der Waals surface area (Å²) in [5.41, 5.74) is 4.77. The average molecular weight is 340 g/mol. The Hall–Kier alpha value is -2.56. The number of amides is 1. The monoisotopic (exact) mass is 340 g/mol. The Labute approximate surface area is 148 Å². The van der Waals surface area contributed by atoms with Crippen LogP contribution in [0.1, 0.15) is 51.5 Å². The molecule has 0 bridgehead atoms. The zero-order valence-electron chi connectivity index (χ0n) is 15.3. The van der Waals surface area contributed by atoms with Gasteiger partial charge in [0.25, 0.3) is 5.91 Å². The maximum absolute atomic E-state index is 13.3. The van der Waals surface area contributed by atoms with Gasteiger partial charge < -0.3 is 14.2 Å². The predicted octanol–water partition coefficient (Wildman–Crippen LogP) is 3.50. The van der Waals surface area contributed by atoms with Crippen LogP contribution in [-0.2, 0) is 17.7 Å². The summed E-state index contributed by atoms with van der Waals surface area (Å²) in [5.74, 6) is -0.413. The standard InChI is InChI=1S/C20H24N2O3/c1-5-21-14(4)17(13(3)18(21)20(24)25-6-2)19(23)22-12-11-15-9-7-8-10-16(15)22/h7-10H,5-6,11-12H2,1-4H3. The molecule has 0 spiro atoms. The Kier molecular flexibility index (Phi) is 4.66. The lowest BCUT2D eigenvalue weighted by Crippen LogP contribution is -2.29. The molecule has 1 aliphatic rings. The van der Waals surface area contributed by atoms with E-state index in [-0.39, 0.29) is 11.9 Å². The van der Waals surface area contributed by atoms with E-state index in [1.54, 1.807) is 6.92 Å². The van der Waals surface area contributed by atoms with Crippen LogP contribution in [0.2, 0.25) is 0 Å². The van der Waals surface area contributed by atoms with Gasteiger partial charge in [0.2, 0.25) is 0 Å². The highest BCUT2D eigenvalue weighted by Crippen LogP contribution is 2.32. The molecule has 25 heavy (non-hydrogen) atoms. The number of hydrogen-bond acceptors (Lipinski definition) is 3. The molecule has 1 amide bonds. The van der Waals surface area contributed by atoms with Gasteiger partial charge in [0.05, 0.1) is 12.2 Å². The van der Waals surface area contributed by atoms with Gasteiger partial charge in [0.15, 0.2) is 0 Å². The fourth-order valence-electron chi connectivity index (χ4n) is 3.75. The van der Waals surface area contributed by atoms with Gasteiger partial charge in [-0.15, -0.1) is 0 Å². The van der Waals surface area contributed by atoms with Gasteiger partial charge in [0, 0.05) is 24.5 Å². The molecule has 0 unspecified atom stereocenters. The summed E-state index contributed by atoms with van der Waals surface area (Å²) in [4.78, 5) is 27.5. The lowest BCUT2D eigenvalue weighted by molar-refractivity contribution is 0.0512. The maximum atomic E-state index is 13.3. The zero-order valence-corrected chi connectivity index (χ0v) is 15.3. The van der Waals surface area contributed by atoms with Crippen molar-refractivity contribution in [1.82, 2.24) is 4.57 Å². The first-order valence-electron chi connectivity index (χ1n) is 8.77. The molecule has 1 aromatic carbocycles. The summed E-state index contributed by atoms with van der Waals surface area (Å²) >= 11 is 0. The van der Waals surface area contributed by atoms with Crippen molar-refractivity contribution in [2.75, 3.05) is 18.1 Å². The summed E-state index contributed by atoms with van der Waals surface area (Å²) in [6.07, 6.45) is 0.860. The number of anilines is 1. The number of nitrogens with zero attached hydrogens (tertiary/aromatic N) is 2. The largest absolute Gasteiger partial charge is 0.461 e. The van der Waals surface area contributed by atoms with Crippen molar-refractivity contribution in [3.63, 3.8) is 0 Å². The second-order valence-electron chi connectivity index (χ2n) is 6.23. The van der Waals surface area contributed by atoms with Crippen molar-refractivity contribution >= 4 is 17.6 Å². The van der Waals surface area contributed by atoms with Crippen LogP contribution in [-0.4, -0.2) is 29.6 Å². The second-order valence-corrected chi connectivity index (χ2v) is 6.23. The summed E-state index contributed by atoms with van der Waals surface area (Å²) in [7, 11) is 0. The number of hydrogen-bond donors (Lipinski definition) is 0. The first-order chi connectivity index (χ1) is 12.0. The SMILES string of the molecule is CCOC(=O)c1c(C)c(C(=O)N2CCc3ccccc32)c(C)n1CC. The van der Waals surface area contributed by atoms with Gasteiger partial charge in [-0.2, -0.15) is 0 Å². The van der Waals surface area contributed by atoms with Crippen LogP contribution in [0.4, 0.5) is 5.69 Å². The van der Waals surface area contributed by atoms with E-state index in [1.807, 2.05) is 48.4 Å². The Balaban J connectivity index is 2.06. The fourth-order valence-corrected chi connectivity index (χ4v) is 3.75. The smallest absolute Gasteiger partial charge is 0.355 e. The van der Waals surface area contributed by atoms with E-state index in [2.05, 4.69) is 6.07 Å². The average Bonchev–Trinajstić information content (AvgIpc) is 3.13. The van der Waals surface area contributed by atoms with Crippen LogP contribution in [0.25, 0.3) is 0 Å². The number of carbonyl (C=O) groups excluding carboxylic acids is 2. The molecule has 1 aliphatic heterocycles. The third kappa shape index (κ3) is 2.73. The van der Waals surface area contributed by atoms with Crippen molar-refractivity contribution in [3.8, 4) is 0 Å². The van der Waals surface area contributed by atoms with Crippen molar-refractivity contribution < 1.29 is 14.3 Å². The van der Waals surface area contributed by atoms with Crippen LogP contribution in [0.3, 0.4) is 0 Å². The first kappa shape index (κ1) is 17.3. The minimum absolute atomic E-state index is 0.0438. The number of carbonyl (C=O) groups is 2. The van der Waals surface area contributed by atoms with Gasteiger partial charge in [-0.1, -0.05) is 18.2 Å². The van der Waals surface area contributed by atoms with E-state index in [9.17, 15) is 9.59 Å². The molecule has 2 heterocycles. The molecular weight excluding hydrogens is 316 g/mol. The third-order valence-corrected chi connectivity index (χ3v) is 4.90. The van der Waals surface area contributed by atoms with Crippen molar-refractivity contribution in [2.24, 2.45) is 0 Å². The molecule has 0 N–H and O–H groups in total. The van der Waals surface area contributed by atoms with E-state index in [0.29, 0.717) is 36.5 Å². The van der Waals surface area contributed by atoms with E-state index >= 15 is 0 Å². The first-order valence-corrected chi connectivity index (χ1v) is 8.77. The van der Waals surface area contributed by atoms with E-state index in [4.69, 9.17) is 4.74 Å². The van der Waals surface area contributed by atoms with Crippen molar-refractivity contribution in [2.45, 2.75) is 40.7 Å². The minimum atomic E-state index is -0.370. The number of rotatable bonds is 4. The summed E-state index contributed by atoms with van der Waals surface area (Å²) < 4.78 is 7.07. The van der Waals surface area contributed by atoms with E-state index in [1.165, 1.54) is 5.56 Å². The number of esters is 1. The number of aromatic nitrogens is 1. The Morgan fingerprint density at radius 3 is 2.56 bits per heavy atom. The summed E-state index contributed by atoms with van der Waals surface area (Å²) in [6.45, 7) is 9.08. The molecule has 0 fully saturated rings. The molecule has 0 radical (unpaired) electrons. The van der Waals surface area contributed by atoms with Crippen molar-refractivity contribution in [3.05, 3.63) is 52.3 Å². The highest BCUT2D eigenvalue weighted by atomic mass is 16.5. The number of benzene rings is 1. The van der Waals surface area contributed by atoms with Crippen LogP contribution < -0.4 is 4.90 Å². The lowest BCUT2D eigenvalue weighted by atomic mass is 10.1. The summed E-state index contributed by atoms with van der Waals surface area (Å²) in [6, 6.07) is 7.98. The molecular formula is C20H24N2O3. The van der Waals surface area contributed by atoms with Gasteiger partial charge >= 0.3 is 5.97 Å². The van der Waals surface area contributed by atoms with Crippen LogP contribution in [0.15, 0.2) is 24.3 Å². The maximum Gasteiger partial charge on any atom is 0.355 e. The molecule has 3 rings (SSSR count). The molecule has 132 valence electrons. The van der Waals surface area contributed by atoms with Crippen LogP contribution in [0, 0.1) is 13.8 Å². The molecule has 1 aromatic heterocycles. The minimum Gasteiger partial charge on any atom is -0.461 e. The molecule has 5 heteroatoms. The highest BCUT2D eigenvalue weighted by molar-refractivity contribution is 6.10.